The van der Waals surface area contributed by atoms with Gasteiger partial charge in [-0.25, -0.2) is 4.98 Å². The van der Waals surface area contributed by atoms with Crippen molar-refractivity contribution in [3.63, 3.8) is 0 Å². The molecule has 5 nitrogen and oxygen atoms in total. The lowest BCUT2D eigenvalue weighted by Crippen LogP contribution is -2.47. The summed E-state index contributed by atoms with van der Waals surface area (Å²) >= 11 is 0. The highest BCUT2D eigenvalue weighted by atomic mass is 16.5. The maximum absolute atomic E-state index is 13.2. The first-order valence-electron chi connectivity index (χ1n) is 9.62. The molecule has 3 aromatic rings. The summed E-state index contributed by atoms with van der Waals surface area (Å²) in [4.78, 5) is 19.7. The number of rotatable bonds is 3. The third-order valence-corrected chi connectivity index (χ3v) is 5.57. The Morgan fingerprint density at radius 2 is 1.96 bits per heavy atom. The minimum absolute atomic E-state index is 0.00812. The number of morpholine rings is 1. The fourth-order valence-corrected chi connectivity index (χ4v) is 3.88. The summed E-state index contributed by atoms with van der Waals surface area (Å²) in [7, 11) is 0. The normalized spacial score (nSPS) is 22.9. The van der Waals surface area contributed by atoms with Crippen LogP contribution in [0.15, 0.2) is 54.9 Å². The molecule has 0 unspecified atom stereocenters. The lowest BCUT2D eigenvalue weighted by Gasteiger charge is -2.38. The van der Waals surface area contributed by atoms with Gasteiger partial charge in [-0.3, -0.25) is 4.79 Å². The Balaban J connectivity index is 1.43. The number of amides is 1. The van der Waals surface area contributed by atoms with Gasteiger partial charge >= 0.3 is 0 Å². The SMILES string of the molecule is Cc1ccn2cc(C(=O)N3C[C@@H](c4ccccc4)O[C@@H](C4CC4)C3)nc2c1. The number of aromatic nitrogens is 2. The topological polar surface area (TPSA) is 46.8 Å². The first-order valence-corrected chi connectivity index (χ1v) is 9.62. The largest absolute Gasteiger partial charge is 0.366 e. The van der Waals surface area contributed by atoms with Crippen LogP contribution in [0.1, 0.15) is 40.6 Å². The molecule has 27 heavy (non-hydrogen) atoms. The number of hydrogen-bond donors (Lipinski definition) is 0. The van der Waals surface area contributed by atoms with Crippen LogP contribution in [0.4, 0.5) is 0 Å². The number of fused-ring (bicyclic) bond motifs is 1. The molecule has 0 radical (unpaired) electrons. The number of ether oxygens (including phenoxy) is 1. The van der Waals surface area contributed by atoms with Crippen LogP contribution in [0.2, 0.25) is 0 Å². The monoisotopic (exact) mass is 361 g/mol. The van der Waals surface area contributed by atoms with Crippen molar-refractivity contribution in [3.8, 4) is 0 Å². The van der Waals surface area contributed by atoms with Crippen LogP contribution in [-0.2, 0) is 4.74 Å². The summed E-state index contributed by atoms with van der Waals surface area (Å²) in [6.07, 6.45) is 6.22. The molecule has 138 valence electrons. The van der Waals surface area contributed by atoms with Gasteiger partial charge in [-0.2, -0.15) is 0 Å². The molecular weight excluding hydrogens is 338 g/mol. The lowest BCUT2D eigenvalue weighted by atomic mass is 10.0. The van der Waals surface area contributed by atoms with Gasteiger partial charge in [-0.05, 0) is 48.9 Å². The molecule has 1 saturated heterocycles. The number of pyridine rings is 1. The van der Waals surface area contributed by atoms with Gasteiger partial charge in [0, 0.05) is 18.9 Å². The summed E-state index contributed by atoms with van der Waals surface area (Å²) in [6, 6.07) is 14.2. The zero-order valence-corrected chi connectivity index (χ0v) is 15.4. The summed E-state index contributed by atoms with van der Waals surface area (Å²) < 4.78 is 8.28. The van der Waals surface area contributed by atoms with E-state index in [1.807, 2.05) is 58.9 Å². The smallest absolute Gasteiger partial charge is 0.274 e. The van der Waals surface area contributed by atoms with Crippen LogP contribution in [0.5, 0.6) is 0 Å². The van der Waals surface area contributed by atoms with Crippen molar-refractivity contribution in [1.82, 2.24) is 14.3 Å². The van der Waals surface area contributed by atoms with Crippen molar-refractivity contribution in [1.29, 1.82) is 0 Å². The van der Waals surface area contributed by atoms with Crippen LogP contribution in [0.3, 0.4) is 0 Å². The highest BCUT2D eigenvalue weighted by molar-refractivity contribution is 5.93. The second kappa shape index (κ2) is 6.50. The van der Waals surface area contributed by atoms with E-state index in [2.05, 4.69) is 17.1 Å². The fourth-order valence-electron chi connectivity index (χ4n) is 3.88. The number of aryl methyl sites for hydroxylation is 1. The number of hydrogen-bond acceptors (Lipinski definition) is 3. The van der Waals surface area contributed by atoms with Crippen LogP contribution in [0.25, 0.3) is 5.65 Å². The molecule has 0 spiro atoms. The van der Waals surface area contributed by atoms with Crippen molar-refractivity contribution >= 4 is 11.6 Å². The minimum atomic E-state index is -0.0752. The van der Waals surface area contributed by atoms with E-state index in [4.69, 9.17) is 4.74 Å². The molecule has 2 aliphatic rings. The van der Waals surface area contributed by atoms with Crippen LogP contribution in [-0.4, -0.2) is 39.4 Å². The van der Waals surface area contributed by atoms with E-state index in [0.717, 1.165) is 16.8 Å². The molecule has 1 saturated carbocycles. The predicted molar refractivity (Wildman–Crippen MR) is 103 cm³/mol. The first kappa shape index (κ1) is 16.5. The first-order chi connectivity index (χ1) is 13.2. The predicted octanol–water partition coefficient (Wildman–Crippen LogP) is 3.64. The number of imidazole rings is 1. The average molecular weight is 361 g/mol. The quantitative estimate of drug-likeness (QED) is 0.716. The molecule has 0 bridgehead atoms. The van der Waals surface area contributed by atoms with E-state index < -0.39 is 0 Å². The summed E-state index contributed by atoms with van der Waals surface area (Å²) in [5.41, 5.74) is 3.58. The second-order valence-electron chi connectivity index (χ2n) is 7.72. The standard InChI is InChI=1S/C22H23N3O2/c1-15-9-10-24-12-18(23-21(24)11-15)22(26)25-13-19(16-5-3-2-4-6-16)27-20(14-25)17-7-8-17/h2-6,9-12,17,19-20H,7-8,13-14H2,1H3/t19-,20+/m0/s1. The van der Waals surface area contributed by atoms with Gasteiger partial charge in [0.1, 0.15) is 17.4 Å². The zero-order valence-electron chi connectivity index (χ0n) is 15.4. The number of carbonyl (C=O) groups excluding carboxylic acids is 1. The van der Waals surface area contributed by atoms with Crippen molar-refractivity contribution in [2.24, 2.45) is 5.92 Å². The number of benzene rings is 1. The van der Waals surface area contributed by atoms with Gasteiger partial charge in [0.25, 0.3) is 5.91 Å². The second-order valence-corrected chi connectivity index (χ2v) is 7.72. The maximum Gasteiger partial charge on any atom is 0.274 e. The molecule has 2 atom stereocenters. The molecule has 0 N–H and O–H groups in total. The third-order valence-electron chi connectivity index (χ3n) is 5.57. The molecule has 2 aromatic heterocycles. The Morgan fingerprint density at radius 1 is 1.15 bits per heavy atom. The van der Waals surface area contributed by atoms with Crippen LogP contribution in [0, 0.1) is 12.8 Å². The molecular formula is C22H23N3O2. The molecule has 1 aliphatic carbocycles. The van der Waals surface area contributed by atoms with Gasteiger partial charge in [-0.15, -0.1) is 0 Å². The number of nitrogens with zero attached hydrogens (tertiary/aromatic N) is 3. The maximum atomic E-state index is 13.2. The van der Waals surface area contributed by atoms with E-state index >= 15 is 0 Å². The van der Waals surface area contributed by atoms with Gasteiger partial charge in [0.15, 0.2) is 0 Å². The van der Waals surface area contributed by atoms with E-state index in [9.17, 15) is 4.79 Å². The highest BCUT2D eigenvalue weighted by Gasteiger charge is 2.40. The van der Waals surface area contributed by atoms with Crippen molar-refractivity contribution in [2.45, 2.75) is 32.0 Å². The lowest BCUT2D eigenvalue weighted by molar-refractivity contribution is -0.0864. The highest BCUT2D eigenvalue weighted by Crippen LogP contribution is 2.39. The molecule has 1 aromatic carbocycles. The van der Waals surface area contributed by atoms with E-state index in [1.165, 1.54) is 12.8 Å². The van der Waals surface area contributed by atoms with Gasteiger partial charge in [0.05, 0.1) is 12.6 Å². The van der Waals surface area contributed by atoms with Crippen LogP contribution >= 0.6 is 0 Å². The molecule has 5 rings (SSSR count). The van der Waals surface area contributed by atoms with Crippen molar-refractivity contribution < 1.29 is 9.53 Å². The van der Waals surface area contributed by atoms with E-state index in [0.29, 0.717) is 24.7 Å². The Bertz CT molecular complexity index is 978. The fraction of sp³-hybridized carbons (Fsp3) is 0.364. The molecule has 5 heteroatoms. The molecule has 1 aliphatic heterocycles. The molecule has 2 fully saturated rings. The summed E-state index contributed by atoms with van der Waals surface area (Å²) in [5, 5.41) is 0. The zero-order chi connectivity index (χ0) is 18.4. The average Bonchev–Trinajstić information content (AvgIpc) is 3.47. The Labute approximate surface area is 158 Å². The minimum Gasteiger partial charge on any atom is -0.366 e. The Morgan fingerprint density at radius 3 is 2.74 bits per heavy atom. The van der Waals surface area contributed by atoms with Gasteiger partial charge in [0.2, 0.25) is 0 Å². The van der Waals surface area contributed by atoms with E-state index in [1.54, 1.807) is 0 Å². The van der Waals surface area contributed by atoms with Gasteiger partial charge < -0.3 is 14.0 Å². The van der Waals surface area contributed by atoms with Crippen molar-refractivity contribution in [2.75, 3.05) is 13.1 Å². The van der Waals surface area contributed by atoms with Crippen molar-refractivity contribution in [3.05, 3.63) is 71.7 Å². The summed E-state index contributed by atoms with van der Waals surface area (Å²) in [6.45, 7) is 3.25. The Hall–Kier alpha value is -2.66. The third kappa shape index (κ3) is 3.23. The van der Waals surface area contributed by atoms with Crippen LogP contribution < -0.4 is 0 Å². The summed E-state index contributed by atoms with van der Waals surface area (Å²) in [5.74, 6) is 0.571. The van der Waals surface area contributed by atoms with E-state index in [-0.39, 0.29) is 18.1 Å². The molecule has 1 amide bonds. The number of carbonyl (C=O) groups is 1. The Kier molecular flexibility index (Phi) is 3.97. The van der Waals surface area contributed by atoms with Gasteiger partial charge in [-0.1, -0.05) is 30.3 Å². The molecule has 3 heterocycles.